The first kappa shape index (κ1) is 44.6. The number of sulfone groups is 1. The summed E-state index contributed by atoms with van der Waals surface area (Å²) in [5, 5.41) is 8.07. The monoisotopic (exact) mass is 766 g/mol. The molecule has 1 unspecified atom stereocenters. The number of benzene rings is 1. The third-order valence-corrected chi connectivity index (χ3v) is 9.38. The molecule has 0 radical (unpaired) electrons. The number of rotatable bonds is 22. The lowest BCUT2D eigenvalue weighted by atomic mass is 9.94. The average Bonchev–Trinajstić information content (AvgIpc) is 3.36. The highest BCUT2D eigenvalue weighted by Gasteiger charge is 2.39. The number of amides is 7. The number of nitrogens with two attached hydrogens (primary N) is 1. The Hall–Kier alpha value is -4.58. The molecular weight excluding hydrogens is 712 g/mol. The predicted octanol–water partition coefficient (Wildman–Crippen LogP) is 1.30. The van der Waals surface area contributed by atoms with E-state index in [0.29, 0.717) is 37.1 Å². The molecule has 1 saturated heterocycles. The van der Waals surface area contributed by atoms with Crippen molar-refractivity contribution < 1.29 is 51.5 Å². The third-order valence-electron chi connectivity index (χ3n) is 8.45. The van der Waals surface area contributed by atoms with Crippen molar-refractivity contribution >= 4 is 57.1 Å². The van der Waals surface area contributed by atoms with Gasteiger partial charge in [0.1, 0.15) is 41.9 Å². The van der Waals surface area contributed by atoms with Gasteiger partial charge in [-0.25, -0.2) is 13.2 Å². The van der Waals surface area contributed by atoms with Crippen LogP contribution in [0.25, 0.3) is 0 Å². The van der Waals surface area contributed by atoms with E-state index in [4.69, 9.17) is 15.2 Å². The molecule has 2 rings (SSSR count). The number of unbranched alkanes of at least 4 members (excludes halogenated alkanes) is 2. The maximum Gasteiger partial charge on any atom is 0.411 e. The third kappa shape index (κ3) is 15.9. The number of nitrogens with zero attached hydrogens (tertiary/aromatic N) is 2. The van der Waals surface area contributed by atoms with Crippen LogP contribution in [0.4, 0.5) is 10.5 Å². The molecule has 18 heteroatoms. The van der Waals surface area contributed by atoms with E-state index < -0.39 is 59.1 Å². The van der Waals surface area contributed by atoms with E-state index in [1.807, 2.05) is 13.8 Å². The molecule has 1 aromatic rings. The second-order valence-electron chi connectivity index (χ2n) is 13.8. The van der Waals surface area contributed by atoms with Crippen LogP contribution in [0.5, 0.6) is 0 Å². The lowest BCUT2D eigenvalue weighted by molar-refractivity contribution is -0.140. The number of likely N-dealkylation sites (tertiary alicyclic amines) is 1. The average molecular weight is 767 g/mol. The molecule has 7 amide bonds. The van der Waals surface area contributed by atoms with Gasteiger partial charge in [-0.15, -0.1) is 0 Å². The fourth-order valence-electron chi connectivity index (χ4n) is 5.26. The molecule has 1 heterocycles. The van der Waals surface area contributed by atoms with Gasteiger partial charge >= 0.3 is 6.09 Å². The van der Waals surface area contributed by atoms with E-state index in [0.717, 1.165) is 11.2 Å². The summed E-state index contributed by atoms with van der Waals surface area (Å²) in [5.74, 6) is -3.21. The molecule has 17 nitrogen and oxygen atoms in total. The lowest BCUT2D eigenvalue weighted by Gasteiger charge is -2.24. The van der Waals surface area contributed by atoms with Crippen LogP contribution in [0, 0.1) is 17.8 Å². The number of ether oxygens (including phenoxy) is 2. The molecule has 296 valence electrons. The summed E-state index contributed by atoms with van der Waals surface area (Å²) < 4.78 is 33.4. The smallest absolute Gasteiger partial charge is 0.411 e. The molecule has 0 aromatic heterocycles. The molecule has 0 spiro atoms. The topological polar surface area (TPSA) is 241 Å². The Labute approximate surface area is 311 Å². The first-order valence-electron chi connectivity index (χ1n) is 17.6. The van der Waals surface area contributed by atoms with E-state index >= 15 is 0 Å². The number of anilines is 1. The van der Waals surface area contributed by atoms with Gasteiger partial charge in [0.15, 0.2) is 0 Å². The number of carbonyl (C=O) groups excluding carboxylic acids is 7. The number of imide groups is 1. The fraction of sp³-hybridized carbons (Fsp3) is 0.629. The molecule has 53 heavy (non-hydrogen) atoms. The summed E-state index contributed by atoms with van der Waals surface area (Å²) in [6.45, 7) is 7.93. The highest BCUT2D eigenvalue weighted by molar-refractivity contribution is 7.90. The van der Waals surface area contributed by atoms with Crippen molar-refractivity contribution in [3.8, 4) is 0 Å². The van der Waals surface area contributed by atoms with Crippen LogP contribution in [-0.2, 0) is 54.7 Å². The first-order chi connectivity index (χ1) is 24.8. The Bertz CT molecular complexity index is 1570. The van der Waals surface area contributed by atoms with Gasteiger partial charge in [0.05, 0.1) is 5.75 Å². The fourth-order valence-corrected chi connectivity index (χ4v) is 5.81. The van der Waals surface area contributed by atoms with Gasteiger partial charge in [0, 0.05) is 43.8 Å². The number of hydrogen-bond acceptors (Lipinski definition) is 11. The summed E-state index contributed by atoms with van der Waals surface area (Å²) in [6, 6.07) is 4.47. The Morgan fingerprint density at radius 1 is 0.962 bits per heavy atom. The summed E-state index contributed by atoms with van der Waals surface area (Å²) in [5.41, 5.74) is 5.97. The number of nitrogens with one attached hydrogen (secondary N) is 3. The molecule has 3 atom stereocenters. The Morgan fingerprint density at radius 3 is 2.19 bits per heavy atom. The van der Waals surface area contributed by atoms with E-state index in [1.165, 1.54) is 11.8 Å². The summed E-state index contributed by atoms with van der Waals surface area (Å²) in [4.78, 5) is 89.1. The second-order valence-corrected chi connectivity index (χ2v) is 16.1. The zero-order valence-electron chi connectivity index (χ0n) is 31.3. The van der Waals surface area contributed by atoms with Crippen molar-refractivity contribution in [1.82, 2.24) is 20.4 Å². The van der Waals surface area contributed by atoms with E-state index in [9.17, 15) is 42.0 Å². The predicted molar refractivity (Wildman–Crippen MR) is 194 cm³/mol. The molecular formula is C35H54N6O11S. The van der Waals surface area contributed by atoms with Gasteiger partial charge in [-0.05, 0) is 49.3 Å². The largest absolute Gasteiger partial charge is 0.444 e. The zero-order valence-corrected chi connectivity index (χ0v) is 32.2. The van der Waals surface area contributed by atoms with Crippen LogP contribution in [0.2, 0.25) is 0 Å². The second kappa shape index (κ2) is 21.2. The van der Waals surface area contributed by atoms with E-state index in [2.05, 4.69) is 16.0 Å². The van der Waals surface area contributed by atoms with Crippen LogP contribution in [0.3, 0.4) is 0 Å². The molecule has 1 aliphatic rings. The first-order valence-corrected chi connectivity index (χ1v) is 19.6. The SMILES string of the molecule is CC(C)C1CC(=O)N(CCCCCC(=O)N[C@H](C(=O)N[C@@H](C)C(=O)Nc2ccc(COC(=O)N(CCS(C)(=O)=O)COCC(N)=O)cc2)C(C)C)C1=O. The standard InChI is InChI=1S/C35H54N6O11S/c1-22(2)27-18-30(44)41(34(27)47)15-9-7-8-10-29(43)39-31(23(3)4)33(46)37-24(5)32(45)38-26-13-11-25(12-14-26)19-52-35(48)40(16-17-53(6,49)50)21-51-20-28(36)42/h11-14,22-24,27,31H,7-10,15-21H2,1-6H3,(H2,36,42)(H,37,46)(H,38,45)(H,39,43)/t24-,27?,31-/m0/s1. The summed E-state index contributed by atoms with van der Waals surface area (Å²) in [6.07, 6.45) is 2.26. The number of hydrogen-bond donors (Lipinski definition) is 4. The molecule has 0 saturated carbocycles. The van der Waals surface area contributed by atoms with Gasteiger partial charge in [0.25, 0.3) is 0 Å². The normalized spacial score (nSPS) is 15.6. The highest BCUT2D eigenvalue weighted by Crippen LogP contribution is 2.26. The number of primary amides is 1. The van der Waals surface area contributed by atoms with Crippen molar-refractivity contribution in [3.05, 3.63) is 29.8 Å². The van der Waals surface area contributed by atoms with Crippen molar-refractivity contribution in [3.63, 3.8) is 0 Å². The van der Waals surface area contributed by atoms with Gasteiger partial charge in [0.2, 0.25) is 35.4 Å². The minimum absolute atomic E-state index is 0.0995. The minimum atomic E-state index is -3.40. The van der Waals surface area contributed by atoms with Gasteiger partial charge in [-0.1, -0.05) is 46.2 Å². The van der Waals surface area contributed by atoms with Crippen molar-refractivity contribution in [2.24, 2.45) is 23.5 Å². The Morgan fingerprint density at radius 2 is 1.62 bits per heavy atom. The molecule has 1 fully saturated rings. The van der Waals surface area contributed by atoms with E-state index in [-0.39, 0.29) is 67.2 Å². The van der Waals surface area contributed by atoms with Crippen molar-refractivity contribution in [2.75, 3.05) is 43.8 Å². The Kier molecular flexibility index (Phi) is 17.8. The molecule has 0 aliphatic carbocycles. The van der Waals surface area contributed by atoms with Crippen LogP contribution in [0.15, 0.2) is 24.3 Å². The summed E-state index contributed by atoms with van der Waals surface area (Å²) in [7, 11) is -3.40. The molecule has 1 aromatic carbocycles. The summed E-state index contributed by atoms with van der Waals surface area (Å²) >= 11 is 0. The lowest BCUT2D eigenvalue weighted by Crippen LogP contribution is -2.53. The van der Waals surface area contributed by atoms with Crippen LogP contribution in [0.1, 0.15) is 72.3 Å². The highest BCUT2D eigenvalue weighted by atomic mass is 32.2. The van der Waals surface area contributed by atoms with Gasteiger partial charge < -0.3 is 31.2 Å². The molecule has 5 N–H and O–H groups in total. The maximum atomic E-state index is 13.1. The van der Waals surface area contributed by atoms with Gasteiger partial charge in [-0.2, -0.15) is 0 Å². The maximum absolute atomic E-state index is 13.1. The molecule has 0 bridgehead atoms. The van der Waals surface area contributed by atoms with Crippen LogP contribution < -0.4 is 21.7 Å². The number of carbonyl (C=O) groups is 7. The van der Waals surface area contributed by atoms with Crippen molar-refractivity contribution in [2.45, 2.75) is 85.4 Å². The van der Waals surface area contributed by atoms with E-state index in [1.54, 1.807) is 38.1 Å². The molecule has 1 aliphatic heterocycles. The van der Waals surface area contributed by atoms with Crippen molar-refractivity contribution in [1.29, 1.82) is 0 Å². The minimum Gasteiger partial charge on any atom is -0.444 e. The Balaban J connectivity index is 1.80. The van der Waals surface area contributed by atoms with Crippen LogP contribution in [-0.4, -0.2) is 110 Å². The zero-order chi connectivity index (χ0) is 39.9. The van der Waals surface area contributed by atoms with Gasteiger partial charge in [-0.3, -0.25) is 38.6 Å². The quantitative estimate of drug-likeness (QED) is 0.0745. The van der Waals surface area contributed by atoms with Crippen LogP contribution >= 0.6 is 0 Å².